The standard InChI is InChI=1S/C6H6Cl2N2OS/c1-10-6(11)2-3(9)5(8)12-4(2)7/h9H2,1H3,(H,10,11). The van der Waals surface area contributed by atoms with E-state index in [-0.39, 0.29) is 17.2 Å². The van der Waals surface area contributed by atoms with Crippen molar-refractivity contribution in [1.82, 2.24) is 5.32 Å². The van der Waals surface area contributed by atoms with E-state index in [1.165, 1.54) is 7.05 Å². The minimum Gasteiger partial charge on any atom is -0.396 e. The summed E-state index contributed by atoms with van der Waals surface area (Å²) in [6, 6.07) is 0. The van der Waals surface area contributed by atoms with Gasteiger partial charge in [-0.1, -0.05) is 23.2 Å². The highest BCUT2D eigenvalue weighted by molar-refractivity contribution is 7.21. The summed E-state index contributed by atoms with van der Waals surface area (Å²) in [6.07, 6.45) is 0. The van der Waals surface area contributed by atoms with E-state index < -0.39 is 0 Å². The molecule has 3 nitrogen and oxygen atoms in total. The normalized spacial score (nSPS) is 9.92. The number of nitrogens with two attached hydrogens (primary N) is 1. The molecule has 0 bridgehead atoms. The molecule has 0 saturated carbocycles. The monoisotopic (exact) mass is 224 g/mol. The number of thiophene rings is 1. The van der Waals surface area contributed by atoms with Gasteiger partial charge in [-0.25, -0.2) is 0 Å². The van der Waals surface area contributed by atoms with Gasteiger partial charge in [-0.2, -0.15) is 0 Å². The van der Waals surface area contributed by atoms with E-state index in [0.29, 0.717) is 8.67 Å². The van der Waals surface area contributed by atoms with E-state index in [1.807, 2.05) is 0 Å². The second-order valence-electron chi connectivity index (χ2n) is 2.02. The maximum absolute atomic E-state index is 11.1. The molecule has 1 amide bonds. The van der Waals surface area contributed by atoms with Crippen molar-refractivity contribution in [2.45, 2.75) is 0 Å². The molecule has 6 heteroatoms. The minimum absolute atomic E-state index is 0.242. The summed E-state index contributed by atoms with van der Waals surface area (Å²) in [6.45, 7) is 0. The molecule has 0 aliphatic carbocycles. The Hall–Kier alpha value is -0.450. The van der Waals surface area contributed by atoms with Crippen molar-refractivity contribution in [3.8, 4) is 0 Å². The summed E-state index contributed by atoms with van der Waals surface area (Å²) in [5, 5.41) is 2.42. The van der Waals surface area contributed by atoms with Gasteiger partial charge in [-0.15, -0.1) is 11.3 Å². The van der Waals surface area contributed by atoms with Crippen LogP contribution in [0.2, 0.25) is 8.67 Å². The fourth-order valence-corrected chi connectivity index (χ4v) is 2.26. The van der Waals surface area contributed by atoms with E-state index in [9.17, 15) is 4.79 Å². The average Bonchev–Trinajstić information content (AvgIpc) is 2.26. The van der Waals surface area contributed by atoms with Gasteiger partial charge in [0.2, 0.25) is 0 Å². The quantitative estimate of drug-likeness (QED) is 0.767. The van der Waals surface area contributed by atoms with Crippen LogP contribution in [-0.4, -0.2) is 13.0 Å². The molecule has 1 heterocycles. The number of amides is 1. The Kier molecular flexibility index (Phi) is 2.82. The van der Waals surface area contributed by atoms with Crippen LogP contribution in [0.3, 0.4) is 0 Å². The lowest BCUT2D eigenvalue weighted by atomic mass is 10.3. The molecule has 66 valence electrons. The van der Waals surface area contributed by atoms with Gasteiger partial charge in [-0.3, -0.25) is 4.79 Å². The molecule has 3 N–H and O–H groups in total. The summed E-state index contributed by atoms with van der Waals surface area (Å²) in [5.41, 5.74) is 6.01. The Morgan fingerprint density at radius 2 is 2.08 bits per heavy atom. The Morgan fingerprint density at radius 1 is 1.50 bits per heavy atom. The molecule has 12 heavy (non-hydrogen) atoms. The maximum atomic E-state index is 11.1. The molecule has 1 rings (SSSR count). The highest BCUT2D eigenvalue weighted by Gasteiger charge is 2.18. The zero-order valence-electron chi connectivity index (χ0n) is 6.15. The van der Waals surface area contributed by atoms with Crippen molar-refractivity contribution in [3.63, 3.8) is 0 Å². The lowest BCUT2D eigenvalue weighted by molar-refractivity contribution is 0.0964. The number of rotatable bonds is 1. The molecule has 0 spiro atoms. The Morgan fingerprint density at radius 3 is 2.42 bits per heavy atom. The highest BCUT2D eigenvalue weighted by Crippen LogP contribution is 2.38. The first-order chi connectivity index (χ1) is 5.57. The summed E-state index contributed by atoms with van der Waals surface area (Å²) in [4.78, 5) is 11.1. The van der Waals surface area contributed by atoms with Crippen molar-refractivity contribution in [2.24, 2.45) is 0 Å². The van der Waals surface area contributed by atoms with E-state index in [2.05, 4.69) is 5.32 Å². The molecule has 0 saturated heterocycles. The lowest BCUT2D eigenvalue weighted by Gasteiger charge is -1.97. The summed E-state index contributed by atoms with van der Waals surface area (Å²) >= 11 is 12.5. The summed E-state index contributed by atoms with van der Waals surface area (Å²) in [7, 11) is 1.50. The third-order valence-corrected chi connectivity index (χ3v) is 2.95. The minimum atomic E-state index is -0.319. The fraction of sp³-hybridized carbons (Fsp3) is 0.167. The summed E-state index contributed by atoms with van der Waals surface area (Å²) in [5.74, 6) is -0.319. The molecule has 0 aromatic carbocycles. The first kappa shape index (κ1) is 9.64. The van der Waals surface area contributed by atoms with E-state index in [1.54, 1.807) is 0 Å². The number of nitrogens with one attached hydrogen (secondary N) is 1. The SMILES string of the molecule is CNC(=O)c1c(Cl)sc(Cl)c1N. The van der Waals surface area contributed by atoms with E-state index in [4.69, 9.17) is 28.9 Å². The van der Waals surface area contributed by atoms with Crippen LogP contribution in [0.5, 0.6) is 0 Å². The number of halogens is 2. The second-order valence-corrected chi connectivity index (χ2v) is 4.24. The highest BCUT2D eigenvalue weighted by atomic mass is 35.5. The molecular formula is C6H6Cl2N2OS. The molecule has 0 unspecified atom stereocenters. The van der Waals surface area contributed by atoms with Crippen molar-refractivity contribution >= 4 is 46.1 Å². The molecule has 1 aromatic heterocycles. The Bertz CT molecular complexity index is 324. The predicted octanol–water partition coefficient (Wildman–Crippen LogP) is 2.00. The van der Waals surface area contributed by atoms with Gasteiger partial charge in [0.25, 0.3) is 5.91 Å². The van der Waals surface area contributed by atoms with Gasteiger partial charge in [0.05, 0.1) is 11.3 Å². The molecule has 0 radical (unpaired) electrons. The molecular weight excluding hydrogens is 219 g/mol. The fourth-order valence-electron chi connectivity index (χ4n) is 0.725. The maximum Gasteiger partial charge on any atom is 0.255 e. The van der Waals surface area contributed by atoms with Crippen molar-refractivity contribution in [1.29, 1.82) is 0 Å². The third-order valence-electron chi connectivity index (χ3n) is 1.31. The molecule has 0 aliphatic heterocycles. The van der Waals surface area contributed by atoms with Gasteiger partial charge >= 0.3 is 0 Å². The summed E-state index contributed by atoms with van der Waals surface area (Å²) < 4.78 is 0.662. The number of hydrogen-bond acceptors (Lipinski definition) is 3. The van der Waals surface area contributed by atoms with Crippen LogP contribution in [0.4, 0.5) is 5.69 Å². The third kappa shape index (κ3) is 1.50. The first-order valence-corrected chi connectivity index (χ1v) is 4.60. The average molecular weight is 225 g/mol. The largest absolute Gasteiger partial charge is 0.396 e. The van der Waals surface area contributed by atoms with Crippen LogP contribution in [0.25, 0.3) is 0 Å². The molecule has 0 fully saturated rings. The van der Waals surface area contributed by atoms with Crippen LogP contribution in [0.15, 0.2) is 0 Å². The van der Waals surface area contributed by atoms with Crippen LogP contribution >= 0.6 is 34.5 Å². The Labute approximate surface area is 83.5 Å². The predicted molar refractivity (Wildman–Crippen MR) is 52.1 cm³/mol. The van der Waals surface area contributed by atoms with Crippen molar-refractivity contribution in [2.75, 3.05) is 12.8 Å². The van der Waals surface area contributed by atoms with Gasteiger partial charge in [0, 0.05) is 7.05 Å². The Balaban J connectivity index is 3.22. The second kappa shape index (κ2) is 3.51. The molecule has 0 aliphatic rings. The number of carbonyl (C=O) groups is 1. The number of carbonyl (C=O) groups excluding carboxylic acids is 1. The van der Waals surface area contributed by atoms with Crippen LogP contribution < -0.4 is 11.1 Å². The van der Waals surface area contributed by atoms with Crippen molar-refractivity contribution < 1.29 is 4.79 Å². The number of nitrogen functional groups attached to an aromatic ring is 1. The van der Waals surface area contributed by atoms with Crippen LogP contribution in [-0.2, 0) is 0 Å². The van der Waals surface area contributed by atoms with Crippen molar-refractivity contribution in [3.05, 3.63) is 14.2 Å². The van der Waals surface area contributed by atoms with Crippen LogP contribution in [0.1, 0.15) is 10.4 Å². The molecule has 1 aromatic rings. The van der Waals surface area contributed by atoms with Gasteiger partial charge in [0.1, 0.15) is 8.67 Å². The lowest BCUT2D eigenvalue weighted by Crippen LogP contribution is -2.18. The smallest absolute Gasteiger partial charge is 0.255 e. The van der Waals surface area contributed by atoms with Gasteiger partial charge in [-0.05, 0) is 0 Å². The topological polar surface area (TPSA) is 55.1 Å². The van der Waals surface area contributed by atoms with Gasteiger partial charge < -0.3 is 11.1 Å². The van der Waals surface area contributed by atoms with Crippen LogP contribution in [0, 0.1) is 0 Å². The number of anilines is 1. The van der Waals surface area contributed by atoms with E-state index >= 15 is 0 Å². The first-order valence-electron chi connectivity index (χ1n) is 3.03. The molecule has 0 atom stereocenters. The van der Waals surface area contributed by atoms with E-state index in [0.717, 1.165) is 11.3 Å². The van der Waals surface area contributed by atoms with Gasteiger partial charge in [0.15, 0.2) is 0 Å². The zero-order chi connectivity index (χ0) is 9.30. The number of hydrogen-bond donors (Lipinski definition) is 2. The zero-order valence-corrected chi connectivity index (χ0v) is 8.48.